The summed E-state index contributed by atoms with van der Waals surface area (Å²) in [5.41, 5.74) is 1.11. The number of carbonyl (C=O) groups is 2. The summed E-state index contributed by atoms with van der Waals surface area (Å²) in [5.74, 6) is 0.913. The van der Waals surface area contributed by atoms with Crippen LogP contribution in [0.25, 0.3) is 0 Å². The van der Waals surface area contributed by atoms with Crippen molar-refractivity contribution >= 4 is 23.3 Å². The molecule has 1 unspecified atom stereocenters. The van der Waals surface area contributed by atoms with E-state index in [9.17, 15) is 19.5 Å². The number of nitrogens with zero attached hydrogens (tertiary/aromatic N) is 1. The van der Waals surface area contributed by atoms with Gasteiger partial charge in [-0.1, -0.05) is 35.6 Å². The topological polar surface area (TPSA) is 121 Å². The molecule has 1 heterocycles. The van der Waals surface area contributed by atoms with Crippen molar-refractivity contribution in [1.82, 2.24) is 15.2 Å². The molecule has 0 aliphatic carbocycles. The van der Waals surface area contributed by atoms with E-state index >= 15 is 0 Å². The maximum absolute atomic E-state index is 12.6. The predicted molar refractivity (Wildman–Crippen MR) is 138 cm³/mol. The molecular formula is C26H31N3O6S. The summed E-state index contributed by atoms with van der Waals surface area (Å²) in [4.78, 5) is 40.3. The number of thiazole rings is 1. The number of likely N-dealkylation sites (N-methyl/N-ethyl adjacent to an activating group) is 1. The molecule has 9 nitrogen and oxygen atoms in total. The number of carbonyl (C=O) groups excluding carboxylic acids is 2. The number of amides is 2. The van der Waals surface area contributed by atoms with E-state index in [0.717, 1.165) is 22.5 Å². The molecule has 0 bridgehead atoms. The molecule has 36 heavy (non-hydrogen) atoms. The van der Waals surface area contributed by atoms with Crippen LogP contribution in [0.4, 0.5) is 4.79 Å². The van der Waals surface area contributed by atoms with Crippen molar-refractivity contribution in [1.29, 1.82) is 0 Å². The van der Waals surface area contributed by atoms with Gasteiger partial charge in [0.15, 0.2) is 0 Å². The number of rotatable bonds is 8. The minimum absolute atomic E-state index is 0.0961. The van der Waals surface area contributed by atoms with Crippen molar-refractivity contribution in [3.63, 3.8) is 0 Å². The number of hydrogen-bond donors (Lipinski definition) is 3. The van der Waals surface area contributed by atoms with Crippen LogP contribution in [-0.2, 0) is 22.4 Å². The molecule has 3 rings (SSSR count). The summed E-state index contributed by atoms with van der Waals surface area (Å²) in [6, 6.07) is 13.9. The molecule has 0 fully saturated rings. The highest BCUT2D eigenvalue weighted by molar-refractivity contribution is 7.09. The van der Waals surface area contributed by atoms with Crippen LogP contribution in [0, 0.1) is 0 Å². The average molecular weight is 514 g/mol. The number of nitrogens with one attached hydrogen (secondary N) is 2. The molecule has 0 spiro atoms. The van der Waals surface area contributed by atoms with Crippen molar-refractivity contribution in [3.8, 4) is 17.4 Å². The highest BCUT2D eigenvalue weighted by atomic mass is 32.1. The Morgan fingerprint density at radius 2 is 1.58 bits per heavy atom. The second-order valence-electron chi connectivity index (χ2n) is 9.49. The Morgan fingerprint density at radius 1 is 1.03 bits per heavy atom. The zero-order valence-corrected chi connectivity index (χ0v) is 21.8. The third kappa shape index (κ3) is 7.88. The van der Waals surface area contributed by atoms with E-state index in [2.05, 4.69) is 10.3 Å². The van der Waals surface area contributed by atoms with E-state index in [1.54, 1.807) is 47.0 Å². The standard InChI is InChI=1S/C26H31N3O6S/c1-26(2,3)35-24(32)27-20(23(31)29(4)5)14-16-6-10-18(11-7-16)34-19-12-8-17(9-13-19)15-21-22(30)28-25(33)36-21/h6-13,20,30H,14-15H2,1-5H3,(H,27,32)(H,28,33). The first-order valence-corrected chi connectivity index (χ1v) is 12.2. The maximum atomic E-state index is 12.6. The second kappa shape index (κ2) is 11.3. The molecular weight excluding hydrogens is 482 g/mol. The minimum Gasteiger partial charge on any atom is -0.494 e. The molecule has 3 N–H and O–H groups in total. The summed E-state index contributed by atoms with van der Waals surface area (Å²) < 4.78 is 11.2. The third-order valence-corrected chi connectivity index (χ3v) is 5.89. The molecule has 10 heteroatoms. The number of aromatic nitrogens is 1. The molecule has 2 amide bonds. The monoisotopic (exact) mass is 513 g/mol. The normalized spacial score (nSPS) is 12.0. The Balaban J connectivity index is 1.62. The Labute approximate surface area is 213 Å². The van der Waals surface area contributed by atoms with Crippen LogP contribution in [0.2, 0.25) is 0 Å². The van der Waals surface area contributed by atoms with Gasteiger partial charge in [-0.25, -0.2) is 4.79 Å². The van der Waals surface area contributed by atoms with Crippen LogP contribution in [-0.4, -0.2) is 52.7 Å². The van der Waals surface area contributed by atoms with Crippen LogP contribution < -0.4 is 14.9 Å². The first kappa shape index (κ1) is 26.8. The molecule has 0 aliphatic rings. The van der Waals surface area contributed by atoms with E-state index in [-0.39, 0.29) is 16.7 Å². The predicted octanol–water partition coefficient (Wildman–Crippen LogP) is 4.05. The lowest BCUT2D eigenvalue weighted by atomic mass is 10.0. The first-order chi connectivity index (χ1) is 16.9. The van der Waals surface area contributed by atoms with E-state index in [1.165, 1.54) is 4.90 Å². The molecule has 1 atom stereocenters. The van der Waals surface area contributed by atoms with Crippen LogP contribution in [0.1, 0.15) is 36.8 Å². The Morgan fingerprint density at radius 3 is 2.06 bits per heavy atom. The highest BCUT2D eigenvalue weighted by Crippen LogP contribution is 2.25. The van der Waals surface area contributed by atoms with Crippen LogP contribution >= 0.6 is 11.3 Å². The minimum atomic E-state index is -0.771. The summed E-state index contributed by atoms with van der Waals surface area (Å²) in [5, 5.41) is 12.4. The van der Waals surface area contributed by atoms with Gasteiger partial charge in [-0.15, -0.1) is 0 Å². The number of aromatic amines is 1. The Hall–Kier alpha value is -3.79. The van der Waals surface area contributed by atoms with Crippen molar-refractivity contribution in [2.75, 3.05) is 14.1 Å². The zero-order valence-electron chi connectivity index (χ0n) is 21.0. The maximum Gasteiger partial charge on any atom is 0.408 e. The van der Waals surface area contributed by atoms with Gasteiger partial charge in [0.05, 0.1) is 4.88 Å². The lowest BCUT2D eigenvalue weighted by molar-refractivity contribution is -0.130. The fourth-order valence-electron chi connectivity index (χ4n) is 3.36. The summed E-state index contributed by atoms with van der Waals surface area (Å²) in [7, 11) is 3.27. The van der Waals surface area contributed by atoms with Gasteiger partial charge < -0.3 is 24.8 Å². The number of alkyl carbamates (subject to hydrolysis) is 1. The molecule has 0 radical (unpaired) electrons. The molecule has 0 aliphatic heterocycles. The van der Waals surface area contributed by atoms with Crippen molar-refractivity contribution in [3.05, 3.63) is 74.2 Å². The van der Waals surface area contributed by atoms with E-state index < -0.39 is 17.7 Å². The van der Waals surface area contributed by atoms with Crippen molar-refractivity contribution in [2.24, 2.45) is 0 Å². The van der Waals surface area contributed by atoms with Gasteiger partial charge in [-0.2, -0.15) is 0 Å². The van der Waals surface area contributed by atoms with Crippen LogP contribution in [0.5, 0.6) is 17.4 Å². The number of aromatic hydroxyl groups is 1. The lowest BCUT2D eigenvalue weighted by Gasteiger charge is -2.25. The van der Waals surface area contributed by atoms with E-state index in [1.807, 2.05) is 36.4 Å². The largest absolute Gasteiger partial charge is 0.494 e. The molecule has 1 aromatic heterocycles. The SMILES string of the molecule is CN(C)C(=O)C(Cc1ccc(Oc2ccc(Cc3sc(=O)[nH]c3O)cc2)cc1)NC(=O)OC(C)(C)C. The van der Waals surface area contributed by atoms with Gasteiger partial charge in [0.1, 0.15) is 23.1 Å². The number of ether oxygens (including phenoxy) is 2. The van der Waals surface area contributed by atoms with Gasteiger partial charge in [-0.3, -0.25) is 14.6 Å². The summed E-state index contributed by atoms with van der Waals surface area (Å²) in [6.45, 7) is 5.29. The van der Waals surface area contributed by atoms with Crippen molar-refractivity contribution in [2.45, 2.75) is 45.3 Å². The number of H-pyrrole nitrogens is 1. The Kier molecular flexibility index (Phi) is 8.41. The van der Waals surface area contributed by atoms with Crippen LogP contribution in [0.15, 0.2) is 53.3 Å². The smallest absolute Gasteiger partial charge is 0.408 e. The summed E-state index contributed by atoms with van der Waals surface area (Å²) in [6.07, 6.45) is 0.0875. The van der Waals surface area contributed by atoms with E-state index in [0.29, 0.717) is 29.2 Å². The van der Waals surface area contributed by atoms with Gasteiger partial charge in [0, 0.05) is 26.9 Å². The van der Waals surface area contributed by atoms with Gasteiger partial charge >= 0.3 is 11.0 Å². The zero-order chi connectivity index (χ0) is 26.5. The summed E-state index contributed by atoms with van der Waals surface area (Å²) >= 11 is 0.984. The fraction of sp³-hybridized carbons (Fsp3) is 0.346. The fourth-order valence-corrected chi connectivity index (χ4v) is 4.12. The van der Waals surface area contributed by atoms with Gasteiger partial charge in [0.25, 0.3) is 0 Å². The molecule has 2 aromatic carbocycles. The van der Waals surface area contributed by atoms with E-state index in [4.69, 9.17) is 9.47 Å². The van der Waals surface area contributed by atoms with Crippen LogP contribution in [0.3, 0.4) is 0 Å². The van der Waals surface area contributed by atoms with Crippen molar-refractivity contribution < 1.29 is 24.2 Å². The number of hydrogen-bond acceptors (Lipinski definition) is 7. The van der Waals surface area contributed by atoms with Gasteiger partial charge in [0.2, 0.25) is 11.8 Å². The number of benzene rings is 2. The Bertz CT molecular complexity index is 1240. The van der Waals surface area contributed by atoms with Gasteiger partial charge in [-0.05, 0) is 56.2 Å². The lowest BCUT2D eigenvalue weighted by Crippen LogP contribution is -2.48. The molecule has 0 saturated heterocycles. The average Bonchev–Trinajstić information content (AvgIpc) is 3.10. The third-order valence-electron chi connectivity index (χ3n) is 5.02. The first-order valence-electron chi connectivity index (χ1n) is 11.4. The molecule has 3 aromatic rings. The second-order valence-corrected chi connectivity index (χ2v) is 10.6. The molecule has 192 valence electrons. The quantitative estimate of drug-likeness (QED) is 0.418. The molecule has 0 saturated carbocycles. The highest BCUT2D eigenvalue weighted by Gasteiger charge is 2.25.